The van der Waals surface area contributed by atoms with Gasteiger partial charge >= 0.3 is 6.18 Å². The molecular weight excluding hydrogens is 275 g/mol. The molecule has 1 aliphatic rings. The standard InChI is InChI=1S/C13H16F3NOS/c1-17-9(6-7-13(14,15)16)11-8-19-12-5-3-2-4-10(12)18-11/h2-5,9,11,17H,6-8H2,1H3. The Hall–Kier alpha value is -0.880. The molecule has 1 aromatic rings. The van der Waals surface area contributed by atoms with E-state index in [0.717, 1.165) is 10.6 Å². The van der Waals surface area contributed by atoms with Crippen LogP contribution in [0.3, 0.4) is 0 Å². The molecule has 2 atom stereocenters. The zero-order valence-electron chi connectivity index (χ0n) is 10.5. The third kappa shape index (κ3) is 4.04. The van der Waals surface area contributed by atoms with Crippen molar-refractivity contribution in [3.05, 3.63) is 24.3 Å². The van der Waals surface area contributed by atoms with Gasteiger partial charge in [0.1, 0.15) is 11.9 Å². The van der Waals surface area contributed by atoms with Crippen molar-refractivity contribution in [1.29, 1.82) is 0 Å². The van der Waals surface area contributed by atoms with E-state index in [-0.39, 0.29) is 18.6 Å². The molecule has 1 aromatic carbocycles. The predicted molar refractivity (Wildman–Crippen MR) is 69.7 cm³/mol. The van der Waals surface area contributed by atoms with Gasteiger partial charge < -0.3 is 10.1 Å². The van der Waals surface area contributed by atoms with E-state index in [1.165, 1.54) is 0 Å². The number of halogens is 3. The Morgan fingerprint density at radius 1 is 1.42 bits per heavy atom. The van der Waals surface area contributed by atoms with Crippen LogP contribution in [0.5, 0.6) is 5.75 Å². The first-order valence-electron chi connectivity index (χ1n) is 6.12. The number of rotatable bonds is 4. The molecule has 1 aliphatic heterocycles. The van der Waals surface area contributed by atoms with E-state index < -0.39 is 12.6 Å². The van der Waals surface area contributed by atoms with Gasteiger partial charge in [-0.05, 0) is 25.6 Å². The fourth-order valence-electron chi connectivity index (χ4n) is 2.07. The van der Waals surface area contributed by atoms with Crippen LogP contribution in [0.2, 0.25) is 0 Å². The minimum atomic E-state index is -4.12. The van der Waals surface area contributed by atoms with Crippen molar-refractivity contribution in [2.24, 2.45) is 0 Å². The van der Waals surface area contributed by atoms with Gasteiger partial charge in [0.25, 0.3) is 0 Å². The van der Waals surface area contributed by atoms with E-state index in [1.54, 1.807) is 18.8 Å². The number of likely N-dealkylation sites (N-methyl/N-ethyl adjacent to an activating group) is 1. The molecule has 2 unspecified atom stereocenters. The van der Waals surface area contributed by atoms with Gasteiger partial charge in [0, 0.05) is 23.1 Å². The average Bonchev–Trinajstić information content (AvgIpc) is 2.38. The molecule has 19 heavy (non-hydrogen) atoms. The van der Waals surface area contributed by atoms with Gasteiger partial charge in [0.15, 0.2) is 0 Å². The van der Waals surface area contributed by atoms with Crippen LogP contribution in [0.25, 0.3) is 0 Å². The first-order chi connectivity index (χ1) is 8.99. The molecule has 1 heterocycles. The van der Waals surface area contributed by atoms with E-state index in [0.29, 0.717) is 5.75 Å². The molecule has 0 aliphatic carbocycles. The molecule has 0 bridgehead atoms. The van der Waals surface area contributed by atoms with Crippen molar-refractivity contribution < 1.29 is 17.9 Å². The molecule has 106 valence electrons. The Labute approximate surface area is 114 Å². The Bertz CT molecular complexity index is 425. The van der Waals surface area contributed by atoms with E-state index in [2.05, 4.69) is 5.32 Å². The molecule has 0 fully saturated rings. The molecule has 2 rings (SSSR count). The van der Waals surface area contributed by atoms with Crippen LogP contribution in [0.4, 0.5) is 13.2 Å². The molecule has 0 saturated carbocycles. The Balaban J connectivity index is 1.98. The summed E-state index contributed by atoms with van der Waals surface area (Å²) >= 11 is 1.63. The highest BCUT2D eigenvalue weighted by atomic mass is 32.2. The lowest BCUT2D eigenvalue weighted by Gasteiger charge is -2.31. The smallest absolute Gasteiger partial charge is 0.389 e. The molecule has 0 saturated heterocycles. The van der Waals surface area contributed by atoms with Crippen LogP contribution < -0.4 is 10.1 Å². The molecule has 6 heteroatoms. The summed E-state index contributed by atoms with van der Waals surface area (Å²) in [4.78, 5) is 1.05. The summed E-state index contributed by atoms with van der Waals surface area (Å²) in [5.74, 6) is 1.43. The van der Waals surface area contributed by atoms with Crippen molar-refractivity contribution >= 4 is 11.8 Å². The largest absolute Gasteiger partial charge is 0.487 e. The van der Waals surface area contributed by atoms with E-state index in [9.17, 15) is 13.2 Å². The van der Waals surface area contributed by atoms with Gasteiger partial charge in [-0.3, -0.25) is 0 Å². The quantitative estimate of drug-likeness (QED) is 0.918. The SMILES string of the molecule is CNC(CCC(F)(F)F)C1CSc2ccccc2O1. The summed E-state index contributed by atoms with van der Waals surface area (Å²) in [5, 5.41) is 2.94. The summed E-state index contributed by atoms with van der Waals surface area (Å²) < 4.78 is 42.7. The van der Waals surface area contributed by atoms with Crippen molar-refractivity contribution in [1.82, 2.24) is 5.32 Å². The molecule has 0 amide bonds. The first-order valence-corrected chi connectivity index (χ1v) is 7.10. The fraction of sp³-hybridized carbons (Fsp3) is 0.538. The van der Waals surface area contributed by atoms with Gasteiger partial charge in [-0.2, -0.15) is 13.2 Å². The number of nitrogens with one attached hydrogen (secondary N) is 1. The number of ether oxygens (including phenoxy) is 1. The second-order valence-electron chi connectivity index (χ2n) is 4.46. The second kappa shape index (κ2) is 6.05. The van der Waals surface area contributed by atoms with Crippen LogP contribution in [0.1, 0.15) is 12.8 Å². The maximum absolute atomic E-state index is 12.3. The highest BCUT2D eigenvalue weighted by molar-refractivity contribution is 7.99. The molecule has 0 radical (unpaired) electrons. The monoisotopic (exact) mass is 291 g/mol. The van der Waals surface area contributed by atoms with Gasteiger partial charge in [-0.25, -0.2) is 0 Å². The van der Waals surface area contributed by atoms with Gasteiger partial charge in [-0.1, -0.05) is 12.1 Å². The number of hydrogen-bond donors (Lipinski definition) is 1. The van der Waals surface area contributed by atoms with Gasteiger partial charge in [-0.15, -0.1) is 11.8 Å². The average molecular weight is 291 g/mol. The fourth-order valence-corrected chi connectivity index (χ4v) is 3.15. The lowest BCUT2D eigenvalue weighted by Crippen LogP contribution is -2.44. The Morgan fingerprint density at radius 3 is 2.84 bits per heavy atom. The maximum atomic E-state index is 12.3. The van der Waals surface area contributed by atoms with E-state index in [4.69, 9.17) is 4.74 Å². The third-order valence-electron chi connectivity index (χ3n) is 3.09. The lowest BCUT2D eigenvalue weighted by molar-refractivity contribution is -0.137. The van der Waals surface area contributed by atoms with Crippen LogP contribution >= 0.6 is 11.8 Å². The number of thioether (sulfide) groups is 1. The van der Waals surface area contributed by atoms with Crippen LogP contribution in [-0.2, 0) is 0 Å². The van der Waals surface area contributed by atoms with Crippen molar-refractivity contribution in [3.8, 4) is 5.75 Å². The number of alkyl halides is 3. The molecule has 0 aromatic heterocycles. The number of hydrogen-bond acceptors (Lipinski definition) is 3. The minimum Gasteiger partial charge on any atom is -0.487 e. The topological polar surface area (TPSA) is 21.3 Å². The number of benzene rings is 1. The van der Waals surface area contributed by atoms with E-state index >= 15 is 0 Å². The zero-order valence-corrected chi connectivity index (χ0v) is 11.4. The zero-order chi connectivity index (χ0) is 13.9. The van der Waals surface area contributed by atoms with Crippen LogP contribution in [0, 0.1) is 0 Å². The normalized spacial score (nSPS) is 20.5. The third-order valence-corrected chi connectivity index (χ3v) is 4.23. The Kier molecular flexibility index (Phi) is 4.62. The summed E-state index contributed by atoms with van der Waals surface area (Å²) in [6.45, 7) is 0. The highest BCUT2D eigenvalue weighted by Crippen LogP contribution is 2.36. The summed E-state index contributed by atoms with van der Waals surface area (Å²) in [6.07, 6.45) is -5.10. The van der Waals surface area contributed by atoms with Crippen molar-refractivity contribution in [2.75, 3.05) is 12.8 Å². The summed E-state index contributed by atoms with van der Waals surface area (Å²) in [6, 6.07) is 7.31. The maximum Gasteiger partial charge on any atom is 0.389 e. The first kappa shape index (κ1) is 14.5. The molecule has 2 nitrogen and oxygen atoms in total. The Morgan fingerprint density at radius 2 is 2.16 bits per heavy atom. The van der Waals surface area contributed by atoms with Crippen LogP contribution in [-0.4, -0.2) is 31.1 Å². The second-order valence-corrected chi connectivity index (χ2v) is 5.52. The van der Waals surface area contributed by atoms with Gasteiger partial charge in [0.05, 0.1) is 0 Å². The number of fused-ring (bicyclic) bond motifs is 1. The van der Waals surface area contributed by atoms with Crippen molar-refractivity contribution in [2.45, 2.75) is 36.1 Å². The predicted octanol–water partition coefficient (Wildman–Crippen LogP) is 3.47. The van der Waals surface area contributed by atoms with Gasteiger partial charge in [0.2, 0.25) is 0 Å². The highest BCUT2D eigenvalue weighted by Gasteiger charge is 2.32. The molecular formula is C13H16F3NOS. The summed E-state index contributed by atoms with van der Waals surface area (Å²) in [7, 11) is 1.68. The molecule has 1 N–H and O–H groups in total. The minimum absolute atomic E-state index is 0.0351. The summed E-state index contributed by atoms with van der Waals surface area (Å²) in [5.41, 5.74) is 0. The number of para-hydroxylation sites is 1. The lowest BCUT2D eigenvalue weighted by atomic mass is 10.1. The molecule has 0 spiro atoms. The van der Waals surface area contributed by atoms with E-state index in [1.807, 2.05) is 24.3 Å². The van der Waals surface area contributed by atoms with Crippen LogP contribution in [0.15, 0.2) is 29.2 Å². The van der Waals surface area contributed by atoms with Crippen molar-refractivity contribution in [3.63, 3.8) is 0 Å².